The van der Waals surface area contributed by atoms with Crippen molar-refractivity contribution >= 4 is 28.9 Å². The normalized spacial score (nSPS) is 11.9. The van der Waals surface area contributed by atoms with E-state index in [0.717, 1.165) is 4.88 Å². The second kappa shape index (κ2) is 6.63. The molecular weight excluding hydrogens is 300 g/mol. The van der Waals surface area contributed by atoms with Crippen molar-refractivity contribution in [2.45, 2.75) is 5.92 Å². The molecule has 0 fully saturated rings. The van der Waals surface area contributed by atoms with Crippen LogP contribution in [0.2, 0.25) is 4.34 Å². The van der Waals surface area contributed by atoms with Gasteiger partial charge in [0.25, 0.3) is 0 Å². The van der Waals surface area contributed by atoms with Crippen LogP contribution in [0.1, 0.15) is 10.8 Å². The SMILES string of the molecule is COC(=O)C(COc1ccc(O)cc1)c1ccc(Cl)s1. The summed E-state index contributed by atoms with van der Waals surface area (Å²) in [4.78, 5) is 12.6. The lowest BCUT2D eigenvalue weighted by Crippen LogP contribution is -2.20. The summed E-state index contributed by atoms with van der Waals surface area (Å²) < 4.78 is 11.0. The standard InChI is InChI=1S/C14H13ClO4S/c1-18-14(17)11(12-6-7-13(15)20-12)8-19-10-4-2-9(16)3-5-10/h2-7,11,16H,8H2,1H3. The van der Waals surface area contributed by atoms with E-state index in [1.807, 2.05) is 0 Å². The molecule has 0 aliphatic heterocycles. The summed E-state index contributed by atoms with van der Waals surface area (Å²) in [5.74, 6) is -0.167. The Bertz CT molecular complexity index is 579. The van der Waals surface area contributed by atoms with Gasteiger partial charge >= 0.3 is 5.97 Å². The minimum Gasteiger partial charge on any atom is -0.508 e. The number of hydrogen-bond donors (Lipinski definition) is 1. The van der Waals surface area contributed by atoms with E-state index in [1.165, 1.54) is 30.6 Å². The first kappa shape index (κ1) is 14.7. The molecular formula is C14H13ClO4S. The number of benzene rings is 1. The Balaban J connectivity index is 2.08. The second-order valence-corrected chi connectivity index (χ2v) is 5.77. The van der Waals surface area contributed by atoms with Crippen LogP contribution in [0.25, 0.3) is 0 Å². The van der Waals surface area contributed by atoms with E-state index in [0.29, 0.717) is 10.1 Å². The summed E-state index contributed by atoms with van der Waals surface area (Å²) in [6.07, 6.45) is 0. The van der Waals surface area contributed by atoms with E-state index < -0.39 is 5.92 Å². The van der Waals surface area contributed by atoms with Gasteiger partial charge in [-0.3, -0.25) is 4.79 Å². The molecule has 0 bridgehead atoms. The van der Waals surface area contributed by atoms with Crippen molar-refractivity contribution in [3.63, 3.8) is 0 Å². The number of halogens is 1. The van der Waals surface area contributed by atoms with Crippen LogP contribution in [0, 0.1) is 0 Å². The lowest BCUT2D eigenvalue weighted by Gasteiger charge is -2.14. The maximum Gasteiger partial charge on any atom is 0.317 e. The molecule has 0 radical (unpaired) electrons. The van der Waals surface area contributed by atoms with Crippen LogP contribution < -0.4 is 4.74 Å². The molecule has 4 nitrogen and oxygen atoms in total. The fourth-order valence-corrected chi connectivity index (χ4v) is 2.78. The number of ether oxygens (including phenoxy) is 2. The fourth-order valence-electron chi connectivity index (χ4n) is 1.65. The van der Waals surface area contributed by atoms with Crippen molar-refractivity contribution in [3.05, 3.63) is 45.6 Å². The predicted octanol–water partition coefficient (Wildman–Crippen LogP) is 3.44. The summed E-state index contributed by atoms with van der Waals surface area (Å²) in [5, 5.41) is 9.20. The van der Waals surface area contributed by atoms with Crippen LogP contribution in [0.15, 0.2) is 36.4 Å². The zero-order valence-electron chi connectivity index (χ0n) is 10.7. The van der Waals surface area contributed by atoms with Gasteiger partial charge in [0.1, 0.15) is 24.0 Å². The highest BCUT2D eigenvalue weighted by atomic mass is 35.5. The Morgan fingerprint density at radius 1 is 1.30 bits per heavy atom. The lowest BCUT2D eigenvalue weighted by atomic mass is 10.1. The molecule has 20 heavy (non-hydrogen) atoms. The average molecular weight is 313 g/mol. The number of rotatable bonds is 5. The molecule has 2 aromatic rings. The topological polar surface area (TPSA) is 55.8 Å². The van der Waals surface area contributed by atoms with Crippen LogP contribution in [-0.2, 0) is 9.53 Å². The molecule has 106 valence electrons. The van der Waals surface area contributed by atoms with E-state index >= 15 is 0 Å². The van der Waals surface area contributed by atoms with Crippen molar-refractivity contribution in [2.75, 3.05) is 13.7 Å². The quantitative estimate of drug-likeness (QED) is 0.859. The number of thiophene rings is 1. The maximum atomic E-state index is 11.8. The first-order chi connectivity index (χ1) is 9.60. The van der Waals surface area contributed by atoms with Crippen molar-refractivity contribution in [1.29, 1.82) is 0 Å². The Kier molecular flexibility index (Phi) is 4.87. The summed E-state index contributed by atoms with van der Waals surface area (Å²) in [6, 6.07) is 9.82. The van der Waals surface area contributed by atoms with E-state index in [2.05, 4.69) is 0 Å². The summed E-state index contributed by atoms with van der Waals surface area (Å²) in [6.45, 7) is 0.147. The van der Waals surface area contributed by atoms with Crippen molar-refractivity contribution in [3.8, 4) is 11.5 Å². The van der Waals surface area contributed by atoms with Gasteiger partial charge in [-0.25, -0.2) is 0 Å². The molecule has 1 aromatic carbocycles. The number of aromatic hydroxyl groups is 1. The summed E-state index contributed by atoms with van der Waals surface area (Å²) >= 11 is 7.21. The smallest absolute Gasteiger partial charge is 0.317 e. The van der Waals surface area contributed by atoms with Gasteiger partial charge in [-0.15, -0.1) is 11.3 Å². The molecule has 0 aliphatic rings. The maximum absolute atomic E-state index is 11.8. The molecule has 1 aromatic heterocycles. The number of esters is 1. The van der Waals surface area contributed by atoms with Crippen LogP contribution in [0.3, 0.4) is 0 Å². The molecule has 2 rings (SSSR count). The second-order valence-electron chi connectivity index (χ2n) is 4.02. The molecule has 6 heteroatoms. The summed E-state index contributed by atoms with van der Waals surface area (Å²) in [5.41, 5.74) is 0. The van der Waals surface area contributed by atoms with Gasteiger partial charge in [0.05, 0.1) is 11.4 Å². The van der Waals surface area contributed by atoms with Crippen LogP contribution >= 0.6 is 22.9 Å². The minimum absolute atomic E-state index is 0.147. The number of phenolic OH excluding ortho intramolecular Hbond substituents is 1. The van der Waals surface area contributed by atoms with E-state index in [-0.39, 0.29) is 18.3 Å². The molecule has 0 amide bonds. The molecule has 1 heterocycles. The first-order valence-corrected chi connectivity index (χ1v) is 7.04. The minimum atomic E-state index is -0.522. The third-order valence-corrected chi connectivity index (χ3v) is 4.02. The molecule has 0 aliphatic carbocycles. The number of carbonyl (C=O) groups is 1. The zero-order chi connectivity index (χ0) is 14.5. The Labute approximate surface area is 125 Å². The number of carbonyl (C=O) groups excluding carboxylic acids is 1. The molecule has 0 saturated carbocycles. The third kappa shape index (κ3) is 3.65. The van der Waals surface area contributed by atoms with Gasteiger partial charge < -0.3 is 14.6 Å². The van der Waals surface area contributed by atoms with Crippen LogP contribution in [0.4, 0.5) is 0 Å². The van der Waals surface area contributed by atoms with Gasteiger partial charge in [0.2, 0.25) is 0 Å². The van der Waals surface area contributed by atoms with E-state index in [9.17, 15) is 9.90 Å². The Morgan fingerprint density at radius 2 is 2.00 bits per heavy atom. The third-order valence-electron chi connectivity index (χ3n) is 2.68. The van der Waals surface area contributed by atoms with Gasteiger partial charge in [-0.05, 0) is 36.4 Å². The average Bonchev–Trinajstić information content (AvgIpc) is 2.87. The predicted molar refractivity (Wildman–Crippen MR) is 77.7 cm³/mol. The first-order valence-electron chi connectivity index (χ1n) is 5.85. The molecule has 1 unspecified atom stereocenters. The number of hydrogen-bond acceptors (Lipinski definition) is 5. The van der Waals surface area contributed by atoms with Crippen LogP contribution in [-0.4, -0.2) is 24.8 Å². The highest BCUT2D eigenvalue weighted by Gasteiger charge is 2.24. The van der Waals surface area contributed by atoms with Crippen molar-refractivity contribution in [2.24, 2.45) is 0 Å². The zero-order valence-corrected chi connectivity index (χ0v) is 12.3. The lowest BCUT2D eigenvalue weighted by molar-refractivity contribution is -0.143. The van der Waals surface area contributed by atoms with Gasteiger partial charge in [-0.1, -0.05) is 11.6 Å². The monoisotopic (exact) mass is 312 g/mol. The number of phenols is 1. The van der Waals surface area contributed by atoms with Gasteiger partial charge in [-0.2, -0.15) is 0 Å². The molecule has 1 atom stereocenters. The molecule has 0 saturated heterocycles. The van der Waals surface area contributed by atoms with Crippen LogP contribution in [0.5, 0.6) is 11.5 Å². The molecule has 0 spiro atoms. The van der Waals surface area contributed by atoms with E-state index in [1.54, 1.807) is 24.3 Å². The highest BCUT2D eigenvalue weighted by molar-refractivity contribution is 7.16. The Hall–Kier alpha value is -1.72. The molecule has 1 N–H and O–H groups in total. The summed E-state index contributed by atoms with van der Waals surface area (Å²) in [7, 11) is 1.34. The fraction of sp³-hybridized carbons (Fsp3) is 0.214. The van der Waals surface area contributed by atoms with E-state index in [4.69, 9.17) is 21.1 Å². The number of methoxy groups -OCH3 is 1. The van der Waals surface area contributed by atoms with Gasteiger partial charge in [0.15, 0.2) is 0 Å². The Morgan fingerprint density at radius 3 is 2.55 bits per heavy atom. The largest absolute Gasteiger partial charge is 0.508 e. The van der Waals surface area contributed by atoms with Crippen molar-refractivity contribution < 1.29 is 19.4 Å². The van der Waals surface area contributed by atoms with Crippen molar-refractivity contribution in [1.82, 2.24) is 0 Å². The highest BCUT2D eigenvalue weighted by Crippen LogP contribution is 2.30. The van der Waals surface area contributed by atoms with Gasteiger partial charge in [0, 0.05) is 4.88 Å².